The van der Waals surface area contributed by atoms with Gasteiger partial charge in [-0.1, -0.05) is 46.6 Å². The molecule has 0 unspecified atom stereocenters. The van der Waals surface area contributed by atoms with Gasteiger partial charge < -0.3 is 15.2 Å². The number of hydrogen-bond donors (Lipinski definition) is 2. The predicted octanol–water partition coefficient (Wildman–Crippen LogP) is 3.96. The molecule has 5 nitrogen and oxygen atoms in total. The average Bonchev–Trinajstić information content (AvgIpc) is 3.26. The lowest BCUT2D eigenvalue weighted by molar-refractivity contribution is -0.121. The van der Waals surface area contributed by atoms with E-state index < -0.39 is 0 Å². The van der Waals surface area contributed by atoms with Gasteiger partial charge in [-0.05, 0) is 30.7 Å². The zero-order chi connectivity index (χ0) is 18.1. The topological polar surface area (TPSA) is 67.2 Å². The highest BCUT2D eigenvalue weighted by Crippen LogP contribution is 2.28. The number of nitrogens with one attached hydrogen (secondary N) is 2. The summed E-state index contributed by atoms with van der Waals surface area (Å²) in [5.74, 6) is 0.530. The summed E-state index contributed by atoms with van der Waals surface area (Å²) < 4.78 is 5.35. The van der Waals surface area contributed by atoms with Crippen molar-refractivity contribution < 1.29 is 9.32 Å². The van der Waals surface area contributed by atoms with Gasteiger partial charge in [0.25, 0.3) is 0 Å². The molecule has 3 aromatic rings. The summed E-state index contributed by atoms with van der Waals surface area (Å²) in [6, 6.07) is 15.1. The van der Waals surface area contributed by atoms with Crippen molar-refractivity contribution in [2.75, 3.05) is 5.32 Å². The van der Waals surface area contributed by atoms with Gasteiger partial charge in [0.2, 0.25) is 5.91 Å². The summed E-state index contributed by atoms with van der Waals surface area (Å²) in [4.78, 5) is 12.4. The van der Waals surface area contributed by atoms with Crippen LogP contribution in [0.25, 0.3) is 11.3 Å². The highest BCUT2D eigenvalue weighted by Gasteiger charge is 2.26. The van der Waals surface area contributed by atoms with Crippen LogP contribution in [-0.2, 0) is 17.8 Å². The van der Waals surface area contributed by atoms with Crippen LogP contribution < -0.4 is 10.6 Å². The molecule has 2 N–H and O–H groups in total. The number of nitrogens with zero attached hydrogens (tertiary/aromatic N) is 1. The molecular formula is C20H18ClN3O2. The molecule has 1 aromatic heterocycles. The normalized spacial score (nSPS) is 15.4. The van der Waals surface area contributed by atoms with E-state index in [0.29, 0.717) is 29.4 Å². The summed E-state index contributed by atoms with van der Waals surface area (Å²) in [5, 5.41) is 10.8. The van der Waals surface area contributed by atoms with Crippen LogP contribution in [0, 0.1) is 6.92 Å². The Morgan fingerprint density at radius 2 is 2.15 bits per heavy atom. The van der Waals surface area contributed by atoms with Crippen molar-refractivity contribution in [1.82, 2.24) is 10.5 Å². The third-order valence-electron chi connectivity index (χ3n) is 4.47. The number of rotatable bonds is 4. The van der Waals surface area contributed by atoms with Crippen molar-refractivity contribution in [1.29, 1.82) is 0 Å². The van der Waals surface area contributed by atoms with E-state index in [1.807, 2.05) is 30.3 Å². The quantitative estimate of drug-likeness (QED) is 0.732. The van der Waals surface area contributed by atoms with Crippen LogP contribution in [0.15, 0.2) is 53.1 Å². The van der Waals surface area contributed by atoms with Gasteiger partial charge >= 0.3 is 0 Å². The molecule has 1 amide bonds. The number of benzene rings is 2. The van der Waals surface area contributed by atoms with Crippen LogP contribution >= 0.6 is 11.6 Å². The Hall–Kier alpha value is -2.79. The van der Waals surface area contributed by atoms with E-state index in [1.165, 1.54) is 11.1 Å². The van der Waals surface area contributed by atoms with Crippen molar-refractivity contribution >= 4 is 23.2 Å². The van der Waals surface area contributed by atoms with Crippen LogP contribution in [0.2, 0.25) is 5.02 Å². The number of aryl methyl sites for hydroxylation is 1. The molecule has 26 heavy (non-hydrogen) atoms. The first-order valence-corrected chi connectivity index (χ1v) is 8.82. The lowest BCUT2D eigenvalue weighted by atomic mass is 10.1. The van der Waals surface area contributed by atoms with Crippen molar-refractivity contribution in [3.05, 3.63) is 70.4 Å². The number of aromatic nitrogens is 1. The zero-order valence-electron chi connectivity index (χ0n) is 14.3. The first kappa shape index (κ1) is 16.7. The van der Waals surface area contributed by atoms with Crippen molar-refractivity contribution in [3.63, 3.8) is 0 Å². The SMILES string of the molecule is Cc1ccc2c(c1)C[C@H](C(=O)NCc1cc(-c3ccccc3Cl)on1)N2. The van der Waals surface area contributed by atoms with Crippen molar-refractivity contribution in [2.24, 2.45) is 0 Å². The Kier molecular flexibility index (Phi) is 4.39. The van der Waals surface area contributed by atoms with E-state index in [-0.39, 0.29) is 11.9 Å². The first-order chi connectivity index (χ1) is 12.6. The second kappa shape index (κ2) is 6.84. The van der Waals surface area contributed by atoms with E-state index in [0.717, 1.165) is 11.3 Å². The van der Waals surface area contributed by atoms with Crippen LogP contribution in [-0.4, -0.2) is 17.1 Å². The monoisotopic (exact) mass is 367 g/mol. The van der Waals surface area contributed by atoms with E-state index in [4.69, 9.17) is 16.1 Å². The summed E-state index contributed by atoms with van der Waals surface area (Å²) >= 11 is 6.17. The van der Waals surface area contributed by atoms with E-state index in [9.17, 15) is 4.79 Å². The summed E-state index contributed by atoms with van der Waals surface area (Å²) in [7, 11) is 0. The van der Waals surface area contributed by atoms with Crippen LogP contribution in [0.5, 0.6) is 0 Å². The maximum absolute atomic E-state index is 12.4. The van der Waals surface area contributed by atoms with E-state index >= 15 is 0 Å². The minimum atomic E-state index is -0.262. The number of amides is 1. The molecule has 6 heteroatoms. The lowest BCUT2D eigenvalue weighted by Crippen LogP contribution is -2.38. The minimum Gasteiger partial charge on any atom is -0.373 e. The molecule has 1 aliphatic heterocycles. The predicted molar refractivity (Wildman–Crippen MR) is 101 cm³/mol. The van der Waals surface area contributed by atoms with Gasteiger partial charge in [-0.2, -0.15) is 0 Å². The number of anilines is 1. The van der Waals surface area contributed by atoms with Gasteiger partial charge in [0, 0.05) is 23.7 Å². The fourth-order valence-corrected chi connectivity index (χ4v) is 3.36. The zero-order valence-corrected chi connectivity index (χ0v) is 15.0. The highest BCUT2D eigenvalue weighted by molar-refractivity contribution is 6.33. The standard InChI is InChI=1S/C20H18ClN3O2/c1-12-6-7-17-13(8-12)9-18(23-17)20(25)22-11-14-10-19(26-24-14)15-4-2-3-5-16(15)21/h2-8,10,18,23H,9,11H2,1H3,(H,22,25)/t18-/m1/s1. The molecule has 1 aliphatic rings. The molecule has 1 atom stereocenters. The Labute approximate surface area is 156 Å². The third-order valence-corrected chi connectivity index (χ3v) is 4.80. The fourth-order valence-electron chi connectivity index (χ4n) is 3.13. The summed E-state index contributed by atoms with van der Waals surface area (Å²) in [6.07, 6.45) is 0.687. The van der Waals surface area contributed by atoms with Crippen molar-refractivity contribution in [2.45, 2.75) is 25.9 Å². The molecule has 0 aliphatic carbocycles. The molecule has 0 fully saturated rings. The number of halogens is 1. The largest absolute Gasteiger partial charge is 0.373 e. The Bertz CT molecular complexity index is 967. The van der Waals surface area contributed by atoms with Gasteiger partial charge in [-0.25, -0.2) is 0 Å². The molecule has 132 valence electrons. The summed E-state index contributed by atoms with van der Waals surface area (Å²) in [6.45, 7) is 2.36. The second-order valence-corrected chi connectivity index (χ2v) is 6.85. The van der Waals surface area contributed by atoms with E-state index in [2.05, 4.69) is 28.8 Å². The maximum atomic E-state index is 12.4. The number of hydrogen-bond acceptors (Lipinski definition) is 4. The number of carbonyl (C=O) groups is 1. The number of fused-ring (bicyclic) bond motifs is 1. The van der Waals surface area contributed by atoms with Gasteiger partial charge in [-0.3, -0.25) is 4.79 Å². The van der Waals surface area contributed by atoms with Gasteiger partial charge in [0.05, 0.1) is 11.6 Å². The Morgan fingerprint density at radius 3 is 3.00 bits per heavy atom. The molecule has 2 heterocycles. The summed E-state index contributed by atoms with van der Waals surface area (Å²) in [5.41, 5.74) is 4.83. The Balaban J connectivity index is 1.38. The van der Waals surface area contributed by atoms with Gasteiger partial charge in [0.1, 0.15) is 11.7 Å². The van der Waals surface area contributed by atoms with Gasteiger partial charge in [0.15, 0.2) is 5.76 Å². The lowest BCUT2D eigenvalue weighted by Gasteiger charge is -2.10. The highest BCUT2D eigenvalue weighted by atomic mass is 35.5. The third kappa shape index (κ3) is 3.30. The Morgan fingerprint density at radius 1 is 1.31 bits per heavy atom. The molecule has 0 bridgehead atoms. The first-order valence-electron chi connectivity index (χ1n) is 8.44. The fraction of sp³-hybridized carbons (Fsp3) is 0.200. The van der Waals surface area contributed by atoms with Crippen LogP contribution in [0.4, 0.5) is 5.69 Å². The molecule has 4 rings (SSSR count). The molecular weight excluding hydrogens is 350 g/mol. The molecule has 0 saturated carbocycles. The van der Waals surface area contributed by atoms with Gasteiger partial charge in [-0.15, -0.1) is 0 Å². The molecule has 0 radical (unpaired) electrons. The number of carbonyl (C=O) groups excluding carboxylic acids is 1. The molecule has 2 aromatic carbocycles. The smallest absolute Gasteiger partial charge is 0.243 e. The van der Waals surface area contributed by atoms with Crippen LogP contribution in [0.1, 0.15) is 16.8 Å². The van der Waals surface area contributed by atoms with Crippen LogP contribution in [0.3, 0.4) is 0 Å². The minimum absolute atomic E-state index is 0.0545. The average molecular weight is 368 g/mol. The van der Waals surface area contributed by atoms with E-state index in [1.54, 1.807) is 12.1 Å². The maximum Gasteiger partial charge on any atom is 0.243 e. The second-order valence-electron chi connectivity index (χ2n) is 6.44. The molecule has 0 spiro atoms. The molecule has 0 saturated heterocycles. The van der Waals surface area contributed by atoms with Crippen molar-refractivity contribution in [3.8, 4) is 11.3 Å².